The number of hydrogen-bond donors (Lipinski definition) is 2. The molecule has 0 saturated carbocycles. The molecule has 0 saturated heterocycles. The van der Waals surface area contributed by atoms with Gasteiger partial charge < -0.3 is 19.7 Å². The fourth-order valence-electron chi connectivity index (χ4n) is 2.14. The Morgan fingerprint density at radius 1 is 1.17 bits per heavy atom. The molecule has 0 aliphatic heterocycles. The highest BCUT2D eigenvalue weighted by Crippen LogP contribution is 2.50. The number of ether oxygens (including phenoxy) is 2. The smallest absolute Gasteiger partial charge is 0.408 e. The number of benzene rings is 2. The number of nitrogens with one attached hydrogen (secondary N) is 1. The summed E-state index contributed by atoms with van der Waals surface area (Å²) < 4.78 is 22.3. The van der Waals surface area contributed by atoms with Gasteiger partial charge in [0.2, 0.25) is 7.37 Å². The van der Waals surface area contributed by atoms with Gasteiger partial charge in [-0.15, -0.1) is 0 Å². The highest BCUT2D eigenvalue weighted by atomic mass is 31.2. The van der Waals surface area contributed by atoms with Crippen LogP contribution in [0.5, 0.6) is 5.75 Å². The van der Waals surface area contributed by atoms with E-state index in [1.807, 2.05) is 30.3 Å². The summed E-state index contributed by atoms with van der Waals surface area (Å²) >= 11 is 0. The predicted octanol–water partition coefficient (Wildman–Crippen LogP) is 3.52. The summed E-state index contributed by atoms with van der Waals surface area (Å²) in [6.45, 7) is 1.28. The van der Waals surface area contributed by atoms with E-state index in [1.165, 1.54) is 13.8 Å². The third kappa shape index (κ3) is 5.11. The quantitative estimate of drug-likeness (QED) is 0.780. The minimum atomic E-state index is -3.62. The van der Waals surface area contributed by atoms with Crippen LogP contribution in [-0.2, 0) is 15.9 Å². The Labute approximate surface area is 140 Å². The summed E-state index contributed by atoms with van der Waals surface area (Å²) in [7, 11) is -2.09. The summed E-state index contributed by atoms with van der Waals surface area (Å²) in [5.74, 6) is -0.431. The molecule has 0 aromatic heterocycles. The van der Waals surface area contributed by atoms with Gasteiger partial charge in [0.25, 0.3) is 0 Å². The maximum Gasteiger partial charge on any atom is 0.408 e. The highest BCUT2D eigenvalue weighted by Gasteiger charge is 2.29. The Bertz CT molecular complexity index is 712. The molecule has 2 atom stereocenters. The monoisotopic (exact) mass is 349 g/mol. The standard InChI is InChI=1S/C17H20NO5P/c1-22-15-10-8-14(9-11-15)16(24(2,20)21)18-17(19)23-12-13-6-4-3-5-7-13/h3-11,16H,12H2,1-2H3,(H,18,19)(H,20,21). The fourth-order valence-corrected chi connectivity index (χ4v) is 3.21. The second kappa shape index (κ2) is 7.99. The Hall–Kier alpha value is -2.30. The molecule has 1 amide bonds. The van der Waals surface area contributed by atoms with Crippen LogP contribution in [0.1, 0.15) is 16.9 Å². The first-order valence-corrected chi connectivity index (χ1v) is 9.49. The van der Waals surface area contributed by atoms with E-state index >= 15 is 0 Å². The second-order valence-electron chi connectivity index (χ2n) is 5.33. The predicted molar refractivity (Wildman–Crippen MR) is 91.2 cm³/mol. The molecule has 6 nitrogen and oxygen atoms in total. The Morgan fingerprint density at radius 3 is 2.33 bits per heavy atom. The van der Waals surface area contributed by atoms with Gasteiger partial charge in [0, 0.05) is 6.66 Å². The van der Waals surface area contributed by atoms with Gasteiger partial charge >= 0.3 is 6.09 Å². The normalized spacial score (nSPS) is 14.3. The molecule has 0 radical (unpaired) electrons. The SMILES string of the molecule is COc1ccc(C(NC(=O)OCc2ccccc2)P(C)(=O)O)cc1. The largest absolute Gasteiger partial charge is 0.497 e. The average Bonchev–Trinajstić information content (AvgIpc) is 2.58. The number of methoxy groups -OCH3 is 1. The lowest BCUT2D eigenvalue weighted by Gasteiger charge is -2.21. The highest BCUT2D eigenvalue weighted by molar-refractivity contribution is 7.57. The van der Waals surface area contributed by atoms with E-state index in [1.54, 1.807) is 24.3 Å². The van der Waals surface area contributed by atoms with Crippen LogP contribution >= 0.6 is 7.37 Å². The molecule has 7 heteroatoms. The van der Waals surface area contributed by atoms with Gasteiger partial charge in [-0.1, -0.05) is 42.5 Å². The summed E-state index contributed by atoms with van der Waals surface area (Å²) in [5.41, 5.74) is 1.33. The fraction of sp³-hybridized carbons (Fsp3) is 0.235. The van der Waals surface area contributed by atoms with Gasteiger partial charge in [0.15, 0.2) is 0 Å². The van der Waals surface area contributed by atoms with E-state index in [9.17, 15) is 14.3 Å². The molecular weight excluding hydrogens is 329 g/mol. The number of rotatable bonds is 6. The van der Waals surface area contributed by atoms with Crippen molar-refractivity contribution in [2.45, 2.75) is 12.4 Å². The Balaban J connectivity index is 2.05. The molecular formula is C17H20NO5P. The van der Waals surface area contributed by atoms with Crippen molar-refractivity contribution in [3.8, 4) is 5.75 Å². The van der Waals surface area contributed by atoms with E-state index in [4.69, 9.17) is 9.47 Å². The van der Waals surface area contributed by atoms with E-state index in [2.05, 4.69) is 5.32 Å². The van der Waals surface area contributed by atoms with Crippen molar-refractivity contribution >= 4 is 13.5 Å². The molecule has 2 N–H and O–H groups in total. The van der Waals surface area contributed by atoms with Crippen molar-refractivity contribution in [1.82, 2.24) is 5.32 Å². The molecule has 2 unspecified atom stereocenters. The molecule has 0 bridgehead atoms. The van der Waals surface area contributed by atoms with Gasteiger partial charge in [-0.25, -0.2) is 4.79 Å². The van der Waals surface area contributed by atoms with Crippen LogP contribution in [0.4, 0.5) is 4.79 Å². The number of amides is 1. The van der Waals surface area contributed by atoms with E-state index in [0.717, 1.165) is 5.56 Å². The van der Waals surface area contributed by atoms with Crippen molar-refractivity contribution in [1.29, 1.82) is 0 Å². The summed E-state index contributed by atoms with van der Waals surface area (Å²) in [6.07, 6.45) is -0.754. The maximum atomic E-state index is 12.1. The van der Waals surface area contributed by atoms with Crippen LogP contribution in [0.15, 0.2) is 54.6 Å². The average molecular weight is 349 g/mol. The topological polar surface area (TPSA) is 84.9 Å². The van der Waals surface area contributed by atoms with Crippen molar-refractivity contribution in [3.63, 3.8) is 0 Å². The number of carbonyl (C=O) groups is 1. The zero-order valence-electron chi connectivity index (χ0n) is 13.5. The van der Waals surface area contributed by atoms with Crippen molar-refractivity contribution in [2.24, 2.45) is 0 Å². The van der Waals surface area contributed by atoms with Gasteiger partial charge in [-0.05, 0) is 23.3 Å². The van der Waals surface area contributed by atoms with Gasteiger partial charge in [0.05, 0.1) is 7.11 Å². The molecule has 2 aromatic rings. The molecule has 0 heterocycles. The first-order valence-electron chi connectivity index (χ1n) is 7.31. The van der Waals surface area contributed by atoms with E-state index in [-0.39, 0.29) is 6.61 Å². The summed E-state index contributed by atoms with van der Waals surface area (Å²) in [5, 5.41) is 2.47. The zero-order valence-corrected chi connectivity index (χ0v) is 14.4. The zero-order chi connectivity index (χ0) is 17.6. The van der Waals surface area contributed by atoms with Gasteiger partial charge in [0.1, 0.15) is 18.1 Å². The molecule has 128 valence electrons. The lowest BCUT2D eigenvalue weighted by Crippen LogP contribution is -2.29. The van der Waals surface area contributed by atoms with Crippen molar-refractivity contribution in [2.75, 3.05) is 13.8 Å². The molecule has 2 rings (SSSR count). The van der Waals surface area contributed by atoms with Crippen molar-refractivity contribution in [3.05, 3.63) is 65.7 Å². The lowest BCUT2D eigenvalue weighted by atomic mass is 10.2. The lowest BCUT2D eigenvalue weighted by molar-refractivity contribution is 0.138. The third-order valence-corrected chi connectivity index (χ3v) is 4.76. The van der Waals surface area contributed by atoms with Crippen LogP contribution < -0.4 is 10.1 Å². The van der Waals surface area contributed by atoms with Crippen LogP contribution in [0.3, 0.4) is 0 Å². The minimum absolute atomic E-state index is 0.0848. The van der Waals surface area contributed by atoms with E-state index < -0.39 is 19.2 Å². The third-order valence-electron chi connectivity index (χ3n) is 3.38. The molecule has 2 aromatic carbocycles. The Morgan fingerprint density at radius 2 is 1.79 bits per heavy atom. The van der Waals surface area contributed by atoms with Gasteiger partial charge in [-0.3, -0.25) is 4.57 Å². The molecule has 0 aliphatic rings. The number of carbonyl (C=O) groups excluding carboxylic acids is 1. The summed E-state index contributed by atoms with van der Waals surface area (Å²) in [6, 6.07) is 15.8. The number of hydrogen-bond acceptors (Lipinski definition) is 4. The van der Waals surface area contributed by atoms with Crippen LogP contribution in [0.2, 0.25) is 0 Å². The first-order chi connectivity index (χ1) is 11.4. The van der Waals surface area contributed by atoms with Crippen LogP contribution in [0, 0.1) is 0 Å². The minimum Gasteiger partial charge on any atom is -0.497 e. The first kappa shape index (κ1) is 18.0. The molecule has 0 fully saturated rings. The molecule has 0 aliphatic carbocycles. The Kier molecular flexibility index (Phi) is 6.01. The van der Waals surface area contributed by atoms with Crippen molar-refractivity contribution < 1.29 is 23.7 Å². The second-order valence-corrected chi connectivity index (χ2v) is 7.73. The van der Waals surface area contributed by atoms with Crippen LogP contribution in [-0.4, -0.2) is 24.8 Å². The maximum absolute atomic E-state index is 12.1. The number of alkyl carbamates (subject to hydrolysis) is 1. The molecule has 0 spiro atoms. The molecule has 24 heavy (non-hydrogen) atoms. The van der Waals surface area contributed by atoms with Gasteiger partial charge in [-0.2, -0.15) is 0 Å². The van der Waals surface area contributed by atoms with Crippen LogP contribution in [0.25, 0.3) is 0 Å². The van der Waals surface area contributed by atoms with E-state index in [0.29, 0.717) is 11.3 Å². The summed E-state index contributed by atoms with van der Waals surface area (Å²) in [4.78, 5) is 21.9.